The van der Waals surface area contributed by atoms with E-state index in [1.807, 2.05) is 36.4 Å². The van der Waals surface area contributed by atoms with Crippen molar-refractivity contribution in [1.29, 1.82) is 0 Å². The Morgan fingerprint density at radius 3 is 2.43 bits per heavy atom. The summed E-state index contributed by atoms with van der Waals surface area (Å²) in [5.74, 6) is -2.13. The van der Waals surface area contributed by atoms with E-state index in [9.17, 15) is 8.42 Å². The van der Waals surface area contributed by atoms with Crippen LogP contribution in [-0.2, 0) is 35.0 Å². The zero-order valence-electron chi connectivity index (χ0n) is 27.1. The second-order valence-electron chi connectivity index (χ2n) is 11.5. The lowest BCUT2D eigenvalue weighted by Gasteiger charge is -2.25. The first kappa shape index (κ1) is 33.8. The zero-order chi connectivity index (χ0) is 34.5. The first-order valence-corrected chi connectivity index (χ1v) is 16.9. The number of rotatable bonds is 13. The quantitative estimate of drug-likeness (QED) is 0.151. The van der Waals surface area contributed by atoms with E-state index in [0.29, 0.717) is 42.6 Å². The Labute approximate surface area is 283 Å². The summed E-state index contributed by atoms with van der Waals surface area (Å²) in [6.45, 7) is 0.0712. The molecule has 2 aromatic heterocycles. The maximum absolute atomic E-state index is 15.9. The monoisotopic (exact) mass is 691 g/mol. The summed E-state index contributed by atoms with van der Waals surface area (Å²) in [4.78, 5) is 7.06. The number of aromatic nitrogens is 4. The van der Waals surface area contributed by atoms with Gasteiger partial charge in [0.05, 0.1) is 33.5 Å². The van der Waals surface area contributed by atoms with Gasteiger partial charge in [-0.15, -0.1) is 0 Å². The molecule has 49 heavy (non-hydrogen) atoms. The SMILES string of the molecule is COc1ccc(CN(c2ccncn2)S(=O)(=O)c2cc(F)c(OC3C[C@H](OCc4ccccc4)CC3c3ccnn3C)cc2F)c(OC)c1. The highest BCUT2D eigenvalue weighted by atomic mass is 32.2. The van der Waals surface area contributed by atoms with Crippen LogP contribution in [-0.4, -0.2) is 54.6 Å². The average Bonchev–Trinajstić information content (AvgIpc) is 3.73. The van der Waals surface area contributed by atoms with Gasteiger partial charge in [0.25, 0.3) is 10.0 Å². The molecule has 3 atom stereocenters. The van der Waals surface area contributed by atoms with Crippen LogP contribution in [0.5, 0.6) is 17.2 Å². The molecule has 1 saturated carbocycles. The summed E-state index contributed by atoms with van der Waals surface area (Å²) in [5.41, 5.74) is 2.29. The van der Waals surface area contributed by atoms with Gasteiger partial charge in [-0.25, -0.2) is 31.5 Å². The van der Waals surface area contributed by atoms with Crippen molar-refractivity contribution in [2.45, 2.75) is 49.0 Å². The fraction of sp³-hybridized carbons (Fsp3) is 0.286. The van der Waals surface area contributed by atoms with Crippen molar-refractivity contribution in [2.24, 2.45) is 7.05 Å². The van der Waals surface area contributed by atoms with Crippen LogP contribution in [0.15, 0.2) is 96.4 Å². The molecular formula is C35H35F2N5O6S. The summed E-state index contributed by atoms with van der Waals surface area (Å²) >= 11 is 0. The number of anilines is 1. The zero-order valence-corrected chi connectivity index (χ0v) is 27.9. The Morgan fingerprint density at radius 1 is 0.918 bits per heavy atom. The van der Waals surface area contributed by atoms with Crippen molar-refractivity contribution < 1.29 is 36.1 Å². The molecule has 0 aliphatic heterocycles. The molecule has 0 saturated heterocycles. The lowest BCUT2D eigenvalue weighted by atomic mass is 10.0. The van der Waals surface area contributed by atoms with E-state index in [1.165, 1.54) is 26.5 Å². The molecule has 256 valence electrons. The van der Waals surface area contributed by atoms with Crippen LogP contribution in [0, 0.1) is 11.6 Å². The van der Waals surface area contributed by atoms with Crippen LogP contribution in [0.2, 0.25) is 0 Å². The Kier molecular flexibility index (Phi) is 10.1. The second kappa shape index (κ2) is 14.6. The molecule has 14 heteroatoms. The molecule has 0 spiro atoms. The Hall–Kier alpha value is -5.08. The summed E-state index contributed by atoms with van der Waals surface area (Å²) in [6.07, 6.45) is 4.30. The van der Waals surface area contributed by atoms with Crippen LogP contribution in [0.25, 0.3) is 0 Å². The maximum Gasteiger partial charge on any atom is 0.268 e. The first-order chi connectivity index (χ1) is 23.7. The minimum absolute atomic E-state index is 0.0560. The number of nitrogens with zero attached hydrogens (tertiary/aromatic N) is 5. The van der Waals surface area contributed by atoms with Crippen molar-refractivity contribution in [1.82, 2.24) is 19.7 Å². The molecule has 11 nitrogen and oxygen atoms in total. The highest BCUT2D eigenvalue weighted by Crippen LogP contribution is 2.40. The highest BCUT2D eigenvalue weighted by molar-refractivity contribution is 7.92. The summed E-state index contributed by atoms with van der Waals surface area (Å²) < 4.78 is 85.5. The minimum Gasteiger partial charge on any atom is -0.497 e. The number of methoxy groups -OCH3 is 2. The van der Waals surface area contributed by atoms with Gasteiger partial charge in [0.1, 0.15) is 40.5 Å². The molecule has 1 aliphatic rings. The van der Waals surface area contributed by atoms with Crippen molar-refractivity contribution in [3.8, 4) is 17.2 Å². The lowest BCUT2D eigenvalue weighted by Crippen LogP contribution is -2.32. The number of hydrogen-bond donors (Lipinski definition) is 0. The molecule has 3 aromatic carbocycles. The van der Waals surface area contributed by atoms with Crippen LogP contribution < -0.4 is 18.5 Å². The van der Waals surface area contributed by atoms with E-state index in [4.69, 9.17) is 18.9 Å². The van der Waals surface area contributed by atoms with Gasteiger partial charge in [0.15, 0.2) is 11.6 Å². The van der Waals surface area contributed by atoms with Crippen LogP contribution >= 0.6 is 0 Å². The molecular weight excluding hydrogens is 656 g/mol. The van der Waals surface area contributed by atoms with Gasteiger partial charge in [0, 0.05) is 67.3 Å². The molecule has 0 amide bonds. The average molecular weight is 692 g/mol. The fourth-order valence-electron chi connectivity index (χ4n) is 6.01. The van der Waals surface area contributed by atoms with Gasteiger partial charge < -0.3 is 18.9 Å². The predicted molar refractivity (Wildman–Crippen MR) is 176 cm³/mol. The van der Waals surface area contributed by atoms with Gasteiger partial charge >= 0.3 is 0 Å². The Bertz CT molecular complexity index is 2000. The van der Waals surface area contributed by atoms with Gasteiger partial charge in [-0.05, 0) is 30.2 Å². The molecule has 1 aliphatic carbocycles. The van der Waals surface area contributed by atoms with E-state index in [-0.39, 0.29) is 24.4 Å². The van der Waals surface area contributed by atoms with E-state index in [2.05, 4.69) is 15.1 Å². The van der Waals surface area contributed by atoms with E-state index in [0.717, 1.165) is 28.0 Å². The third-order valence-corrected chi connectivity index (χ3v) is 10.3. The number of sulfonamides is 1. The van der Waals surface area contributed by atoms with Crippen molar-refractivity contribution >= 4 is 15.8 Å². The second-order valence-corrected chi connectivity index (χ2v) is 13.3. The Balaban J connectivity index is 1.29. The normalized spacial score (nSPS) is 17.5. The summed E-state index contributed by atoms with van der Waals surface area (Å²) in [6, 6.07) is 19.2. The van der Waals surface area contributed by atoms with Crippen molar-refractivity contribution in [3.63, 3.8) is 0 Å². The molecule has 1 fully saturated rings. The number of aryl methyl sites for hydroxylation is 1. The topological polar surface area (TPSA) is 118 Å². The number of benzene rings is 3. The number of ether oxygens (including phenoxy) is 4. The third-order valence-electron chi connectivity index (χ3n) is 8.49. The lowest BCUT2D eigenvalue weighted by molar-refractivity contribution is 0.0375. The molecule has 0 bridgehead atoms. The standard InChI is InChI=1S/C35H35F2N5O6S/c1-41-30(11-14-40-41)27-15-26(47-21-23-7-5-4-6-8-23)17-32(27)48-33-18-29(37)34(19-28(33)36)49(43,44)42(35-12-13-38-22-39-35)20-24-9-10-25(45-2)16-31(24)46-3/h4-14,16,18-19,22,26-27,32H,15,17,20-21H2,1-3H3/t26-,27?,32?/m1/s1. The molecule has 2 unspecified atom stereocenters. The largest absolute Gasteiger partial charge is 0.497 e. The minimum atomic E-state index is -4.73. The van der Waals surface area contributed by atoms with Gasteiger partial charge in [0.2, 0.25) is 0 Å². The molecule has 2 heterocycles. The van der Waals surface area contributed by atoms with Gasteiger partial charge in [-0.1, -0.05) is 30.3 Å². The van der Waals surface area contributed by atoms with Crippen LogP contribution in [0.3, 0.4) is 0 Å². The fourth-order valence-corrected chi connectivity index (χ4v) is 7.46. The van der Waals surface area contributed by atoms with Gasteiger partial charge in [-0.3, -0.25) is 4.68 Å². The van der Waals surface area contributed by atoms with E-state index >= 15 is 8.78 Å². The van der Waals surface area contributed by atoms with Crippen molar-refractivity contribution in [2.75, 3.05) is 18.5 Å². The predicted octanol–water partition coefficient (Wildman–Crippen LogP) is 5.81. The van der Waals surface area contributed by atoms with E-state index < -0.39 is 38.4 Å². The highest BCUT2D eigenvalue weighted by Gasteiger charge is 2.40. The van der Waals surface area contributed by atoms with Crippen LogP contribution in [0.1, 0.15) is 35.6 Å². The Morgan fingerprint density at radius 2 is 1.73 bits per heavy atom. The number of halogens is 2. The third kappa shape index (κ3) is 7.34. The first-order valence-electron chi connectivity index (χ1n) is 15.5. The molecule has 5 aromatic rings. The smallest absolute Gasteiger partial charge is 0.268 e. The molecule has 0 radical (unpaired) electrons. The summed E-state index contributed by atoms with van der Waals surface area (Å²) in [7, 11) is -0.0156. The summed E-state index contributed by atoms with van der Waals surface area (Å²) in [5, 5.41) is 4.27. The van der Waals surface area contributed by atoms with E-state index in [1.54, 1.807) is 36.1 Å². The maximum atomic E-state index is 15.9. The van der Waals surface area contributed by atoms with Gasteiger partial charge in [-0.2, -0.15) is 5.10 Å². The van der Waals surface area contributed by atoms with Crippen molar-refractivity contribution in [3.05, 3.63) is 120 Å². The molecule has 0 N–H and O–H groups in total. The van der Waals surface area contributed by atoms with Crippen LogP contribution in [0.4, 0.5) is 14.6 Å². The number of hydrogen-bond acceptors (Lipinski definition) is 9. The molecule has 6 rings (SSSR count).